The van der Waals surface area contributed by atoms with E-state index >= 15 is 0 Å². The highest BCUT2D eigenvalue weighted by atomic mass is 79.9. The number of carboxylic acids is 1. The molecule has 100 valence electrons. The van der Waals surface area contributed by atoms with Crippen molar-refractivity contribution >= 4 is 21.9 Å². The first-order chi connectivity index (χ1) is 8.26. The van der Waals surface area contributed by atoms with Crippen LogP contribution in [0.4, 0.5) is 13.2 Å². The van der Waals surface area contributed by atoms with Crippen LogP contribution in [0.25, 0.3) is 0 Å². The van der Waals surface area contributed by atoms with Crippen LogP contribution in [-0.4, -0.2) is 24.0 Å². The third-order valence-corrected chi connectivity index (χ3v) is 2.43. The average molecular weight is 329 g/mol. The molecule has 0 aliphatic heterocycles. The number of ether oxygens (including phenoxy) is 2. The molecule has 0 spiro atoms. The standard InChI is InChI=1S/C10H8BrF3O4/c1-2-17-6-4-3-5(11)8(7(6)9(15)16)18-10(12,13)14/h3-4H,2H2,1H3,(H,15,16). The Balaban J connectivity index is 3.36. The van der Waals surface area contributed by atoms with Crippen molar-refractivity contribution in [2.75, 3.05) is 6.61 Å². The Morgan fingerprint density at radius 3 is 2.50 bits per heavy atom. The summed E-state index contributed by atoms with van der Waals surface area (Å²) in [6.45, 7) is 1.70. The topological polar surface area (TPSA) is 55.8 Å². The first-order valence-corrected chi connectivity index (χ1v) is 5.50. The summed E-state index contributed by atoms with van der Waals surface area (Å²) < 4.78 is 45.2. The molecule has 8 heteroatoms. The lowest BCUT2D eigenvalue weighted by Gasteiger charge is -2.15. The number of hydrogen-bond acceptors (Lipinski definition) is 3. The summed E-state index contributed by atoms with van der Waals surface area (Å²) >= 11 is 2.81. The normalized spacial score (nSPS) is 11.2. The Bertz CT molecular complexity index is 459. The fraction of sp³-hybridized carbons (Fsp3) is 0.300. The zero-order chi connectivity index (χ0) is 13.9. The van der Waals surface area contributed by atoms with Crippen LogP contribution in [0.15, 0.2) is 16.6 Å². The van der Waals surface area contributed by atoms with Gasteiger partial charge >= 0.3 is 12.3 Å². The minimum absolute atomic E-state index is 0.118. The third-order valence-electron chi connectivity index (χ3n) is 1.80. The van der Waals surface area contributed by atoms with E-state index in [1.165, 1.54) is 12.1 Å². The number of benzene rings is 1. The van der Waals surface area contributed by atoms with Gasteiger partial charge in [0.25, 0.3) is 0 Å². The van der Waals surface area contributed by atoms with Crippen molar-refractivity contribution < 1.29 is 32.5 Å². The van der Waals surface area contributed by atoms with Crippen molar-refractivity contribution in [2.24, 2.45) is 0 Å². The quantitative estimate of drug-likeness (QED) is 0.919. The molecule has 0 amide bonds. The van der Waals surface area contributed by atoms with Crippen LogP contribution < -0.4 is 9.47 Å². The molecule has 0 saturated heterocycles. The smallest absolute Gasteiger partial charge is 0.493 e. The summed E-state index contributed by atoms with van der Waals surface area (Å²) in [7, 11) is 0. The van der Waals surface area contributed by atoms with Gasteiger partial charge in [0.05, 0.1) is 11.1 Å². The second-order valence-electron chi connectivity index (χ2n) is 3.04. The molecule has 0 radical (unpaired) electrons. The van der Waals surface area contributed by atoms with Gasteiger partial charge in [0.2, 0.25) is 0 Å². The molecule has 4 nitrogen and oxygen atoms in total. The van der Waals surface area contributed by atoms with E-state index in [0.717, 1.165) is 0 Å². The van der Waals surface area contributed by atoms with Gasteiger partial charge in [0, 0.05) is 0 Å². The lowest BCUT2D eigenvalue weighted by molar-refractivity contribution is -0.275. The number of carboxylic acid groups (broad SMARTS) is 1. The summed E-state index contributed by atoms with van der Waals surface area (Å²) in [4.78, 5) is 11.0. The lowest BCUT2D eigenvalue weighted by atomic mass is 10.2. The average Bonchev–Trinajstić information content (AvgIpc) is 2.21. The third kappa shape index (κ3) is 3.52. The predicted octanol–water partition coefficient (Wildman–Crippen LogP) is 3.44. The highest BCUT2D eigenvalue weighted by molar-refractivity contribution is 9.10. The second kappa shape index (κ2) is 5.47. The van der Waals surface area contributed by atoms with Crippen molar-refractivity contribution in [3.05, 3.63) is 22.2 Å². The molecule has 1 aromatic rings. The molecule has 1 aromatic carbocycles. The molecule has 1 N–H and O–H groups in total. The molecule has 0 bridgehead atoms. The van der Waals surface area contributed by atoms with Crippen LogP contribution in [-0.2, 0) is 0 Å². The van der Waals surface area contributed by atoms with Gasteiger partial charge in [-0.25, -0.2) is 4.79 Å². The van der Waals surface area contributed by atoms with Crippen molar-refractivity contribution in [1.29, 1.82) is 0 Å². The molecule has 1 rings (SSSR count). The van der Waals surface area contributed by atoms with E-state index in [1.807, 2.05) is 0 Å². The van der Waals surface area contributed by atoms with E-state index in [1.54, 1.807) is 6.92 Å². The van der Waals surface area contributed by atoms with Crippen LogP contribution >= 0.6 is 15.9 Å². The molecule has 0 atom stereocenters. The maximum absolute atomic E-state index is 12.2. The largest absolute Gasteiger partial charge is 0.573 e. The predicted molar refractivity (Wildman–Crippen MR) is 59.0 cm³/mol. The summed E-state index contributed by atoms with van der Waals surface area (Å²) in [5, 5.41) is 8.95. The number of aromatic carboxylic acids is 1. The number of rotatable bonds is 4. The van der Waals surface area contributed by atoms with Gasteiger partial charge in [-0.05, 0) is 35.0 Å². The number of halogens is 4. The summed E-state index contributed by atoms with van der Waals surface area (Å²) in [5.41, 5.74) is -0.677. The molecule has 0 aliphatic carbocycles. The van der Waals surface area contributed by atoms with Gasteiger partial charge in [-0.3, -0.25) is 0 Å². The first-order valence-electron chi connectivity index (χ1n) is 4.70. The Kier molecular flexibility index (Phi) is 4.44. The van der Waals surface area contributed by atoms with Gasteiger partial charge in [0.1, 0.15) is 11.3 Å². The minimum atomic E-state index is -4.99. The maximum Gasteiger partial charge on any atom is 0.573 e. The van der Waals surface area contributed by atoms with E-state index in [2.05, 4.69) is 20.7 Å². The Hall–Kier alpha value is -1.44. The maximum atomic E-state index is 12.2. The fourth-order valence-corrected chi connectivity index (χ4v) is 1.64. The Morgan fingerprint density at radius 2 is 2.06 bits per heavy atom. The van der Waals surface area contributed by atoms with Crippen LogP contribution in [0.5, 0.6) is 11.5 Å². The number of carbonyl (C=O) groups is 1. The van der Waals surface area contributed by atoms with Gasteiger partial charge in [-0.2, -0.15) is 0 Å². The van der Waals surface area contributed by atoms with Crippen LogP contribution in [0.2, 0.25) is 0 Å². The Morgan fingerprint density at radius 1 is 1.44 bits per heavy atom. The monoisotopic (exact) mass is 328 g/mol. The van der Waals surface area contributed by atoms with E-state index in [0.29, 0.717) is 0 Å². The molecule has 0 aliphatic rings. The molecule has 0 heterocycles. The highest BCUT2D eigenvalue weighted by Crippen LogP contribution is 2.38. The van der Waals surface area contributed by atoms with Gasteiger partial charge in [-0.1, -0.05) is 0 Å². The molecule has 0 aromatic heterocycles. The van der Waals surface area contributed by atoms with Gasteiger partial charge in [0.15, 0.2) is 5.75 Å². The van der Waals surface area contributed by atoms with Crippen molar-refractivity contribution in [3.63, 3.8) is 0 Å². The Labute approximate surface area is 108 Å². The van der Waals surface area contributed by atoms with Crippen molar-refractivity contribution in [1.82, 2.24) is 0 Å². The van der Waals surface area contributed by atoms with E-state index in [-0.39, 0.29) is 16.8 Å². The molecule has 0 fully saturated rings. The summed E-state index contributed by atoms with van der Waals surface area (Å²) in [6.07, 6.45) is -4.99. The molecule has 0 saturated carbocycles. The number of hydrogen-bond donors (Lipinski definition) is 1. The second-order valence-corrected chi connectivity index (χ2v) is 3.89. The van der Waals surface area contributed by atoms with Gasteiger partial charge < -0.3 is 14.6 Å². The molecular weight excluding hydrogens is 321 g/mol. The molecule has 18 heavy (non-hydrogen) atoms. The first kappa shape index (κ1) is 14.6. The van der Waals surface area contributed by atoms with Crippen LogP contribution in [0.1, 0.15) is 17.3 Å². The zero-order valence-corrected chi connectivity index (χ0v) is 10.6. The molecule has 0 unspecified atom stereocenters. The SMILES string of the molecule is CCOc1ccc(Br)c(OC(F)(F)F)c1C(=O)O. The zero-order valence-electron chi connectivity index (χ0n) is 9.05. The molecular formula is C10H8BrF3O4. The summed E-state index contributed by atoms with van der Waals surface area (Å²) in [5.74, 6) is -2.59. The lowest BCUT2D eigenvalue weighted by Crippen LogP contribution is -2.20. The van der Waals surface area contributed by atoms with E-state index in [9.17, 15) is 18.0 Å². The van der Waals surface area contributed by atoms with E-state index in [4.69, 9.17) is 9.84 Å². The minimum Gasteiger partial charge on any atom is -0.493 e. The highest BCUT2D eigenvalue weighted by Gasteiger charge is 2.35. The van der Waals surface area contributed by atoms with Crippen LogP contribution in [0.3, 0.4) is 0 Å². The number of alkyl halides is 3. The van der Waals surface area contributed by atoms with Crippen molar-refractivity contribution in [2.45, 2.75) is 13.3 Å². The van der Waals surface area contributed by atoms with Gasteiger partial charge in [-0.15, -0.1) is 13.2 Å². The fourth-order valence-electron chi connectivity index (χ4n) is 1.23. The van der Waals surface area contributed by atoms with E-state index < -0.39 is 23.6 Å². The summed E-state index contributed by atoms with van der Waals surface area (Å²) in [6, 6.07) is 2.47. The van der Waals surface area contributed by atoms with Crippen molar-refractivity contribution in [3.8, 4) is 11.5 Å². The van der Waals surface area contributed by atoms with Crippen LogP contribution in [0, 0.1) is 0 Å².